The largest absolute Gasteiger partial charge is 0.481 e. The Bertz CT molecular complexity index is 1030. The zero-order valence-electron chi connectivity index (χ0n) is 26.2. The lowest BCUT2D eigenvalue weighted by atomic mass is 9.33. The zero-order valence-corrected chi connectivity index (χ0v) is 26.2. The Hall–Kier alpha value is -1.32. The number of esters is 1. The summed E-state index contributed by atoms with van der Waals surface area (Å²) in [6, 6.07) is 0. The SMILES string of the molecule is CCCCC(=O)O[C@H]1CC[C@@]2(C)C(CC[C@]3(C)[C@@H]2CC=C2[C@@H]4[C@@H](C)[C@H](C)CC[C@]4(C(=O)O)CC[C@]23C)C1(C)C. The quantitative estimate of drug-likeness (QED) is 0.279. The molecule has 4 heteroatoms. The number of allylic oxidation sites excluding steroid dienone is 2. The molecule has 220 valence electrons. The monoisotopic (exact) mass is 540 g/mol. The molecule has 0 radical (unpaired) electrons. The molecule has 4 fully saturated rings. The second kappa shape index (κ2) is 9.62. The van der Waals surface area contributed by atoms with Gasteiger partial charge in [-0.2, -0.15) is 0 Å². The number of fused-ring (bicyclic) bond motifs is 7. The summed E-state index contributed by atoms with van der Waals surface area (Å²) in [5.74, 6) is 1.67. The predicted molar refractivity (Wildman–Crippen MR) is 156 cm³/mol. The van der Waals surface area contributed by atoms with Crippen molar-refractivity contribution in [3.05, 3.63) is 11.6 Å². The summed E-state index contributed by atoms with van der Waals surface area (Å²) in [6.45, 7) is 19.2. The number of rotatable bonds is 5. The van der Waals surface area contributed by atoms with Crippen molar-refractivity contribution in [3.8, 4) is 0 Å². The van der Waals surface area contributed by atoms with E-state index in [1.54, 1.807) is 0 Å². The Morgan fingerprint density at radius 1 is 0.949 bits per heavy atom. The number of carbonyl (C=O) groups is 2. The van der Waals surface area contributed by atoms with Gasteiger partial charge in [-0.25, -0.2) is 0 Å². The van der Waals surface area contributed by atoms with Gasteiger partial charge in [0, 0.05) is 11.8 Å². The lowest BCUT2D eigenvalue weighted by molar-refractivity contribution is -0.214. The summed E-state index contributed by atoms with van der Waals surface area (Å²) >= 11 is 0. The van der Waals surface area contributed by atoms with Crippen molar-refractivity contribution < 1.29 is 19.4 Å². The van der Waals surface area contributed by atoms with Crippen LogP contribution in [0.15, 0.2) is 11.6 Å². The predicted octanol–water partition coefficient (Wildman–Crippen LogP) is 8.83. The van der Waals surface area contributed by atoms with Crippen LogP contribution in [0.3, 0.4) is 0 Å². The van der Waals surface area contributed by atoms with Crippen molar-refractivity contribution in [1.29, 1.82) is 0 Å². The minimum Gasteiger partial charge on any atom is -0.481 e. The number of aliphatic carboxylic acids is 1. The maximum Gasteiger partial charge on any atom is 0.310 e. The van der Waals surface area contributed by atoms with E-state index in [9.17, 15) is 14.7 Å². The van der Waals surface area contributed by atoms with Gasteiger partial charge in [0.05, 0.1) is 5.41 Å². The molecule has 10 atom stereocenters. The van der Waals surface area contributed by atoms with Crippen molar-refractivity contribution in [2.75, 3.05) is 0 Å². The Morgan fingerprint density at radius 3 is 2.33 bits per heavy atom. The van der Waals surface area contributed by atoms with Crippen LogP contribution >= 0.6 is 0 Å². The summed E-state index contributed by atoms with van der Waals surface area (Å²) in [5.41, 5.74) is 1.29. The van der Waals surface area contributed by atoms with E-state index in [1.165, 1.54) is 18.4 Å². The van der Waals surface area contributed by atoms with Crippen molar-refractivity contribution in [2.24, 2.45) is 56.7 Å². The molecule has 39 heavy (non-hydrogen) atoms. The number of ether oxygens (including phenoxy) is 1. The third-order valence-corrected chi connectivity index (χ3v) is 14.4. The fourth-order valence-corrected chi connectivity index (χ4v) is 11.6. The van der Waals surface area contributed by atoms with E-state index in [-0.39, 0.29) is 39.7 Å². The highest BCUT2D eigenvalue weighted by Gasteiger charge is 2.69. The van der Waals surface area contributed by atoms with Gasteiger partial charge in [-0.1, -0.05) is 73.5 Å². The summed E-state index contributed by atoms with van der Waals surface area (Å²) in [7, 11) is 0. The molecule has 0 aliphatic heterocycles. The highest BCUT2D eigenvalue weighted by atomic mass is 16.5. The lowest BCUT2D eigenvalue weighted by Crippen LogP contribution is -2.65. The van der Waals surface area contributed by atoms with Crippen LogP contribution in [-0.4, -0.2) is 23.1 Å². The smallest absolute Gasteiger partial charge is 0.310 e. The van der Waals surface area contributed by atoms with Crippen molar-refractivity contribution in [2.45, 2.75) is 139 Å². The molecule has 0 bridgehead atoms. The second-order valence-electron chi connectivity index (χ2n) is 16.1. The molecule has 1 unspecified atom stereocenters. The molecular formula is C35H56O4. The molecule has 0 aromatic carbocycles. The van der Waals surface area contributed by atoms with E-state index in [0.29, 0.717) is 30.1 Å². The average Bonchev–Trinajstić information content (AvgIpc) is 2.87. The number of carboxylic acids is 1. The normalized spacial score (nSPS) is 48.5. The Labute approximate surface area is 238 Å². The van der Waals surface area contributed by atoms with Gasteiger partial charge in [-0.3, -0.25) is 9.59 Å². The molecule has 0 aromatic heterocycles. The minimum absolute atomic E-state index is 0.00464. The fraction of sp³-hybridized carbons (Fsp3) is 0.886. The standard InChI is InChI=1S/C35H56O4/c1-9-10-11-28(36)39-27-16-17-32(6)25(31(27,4)5)15-18-34(8)26(32)13-12-24-29-23(3)22(2)14-19-35(29,30(37)38)21-20-33(24,34)7/h12,22-23,25-27,29H,9-11,13-21H2,1-8H3,(H,37,38)/t22-,23+,25?,26-,27+,29+,32+,33-,34-,35+/m1/s1. The highest BCUT2D eigenvalue weighted by Crippen LogP contribution is 2.75. The first-order valence-electron chi connectivity index (χ1n) is 16.3. The topological polar surface area (TPSA) is 63.6 Å². The highest BCUT2D eigenvalue weighted by molar-refractivity contribution is 5.76. The van der Waals surface area contributed by atoms with Crippen molar-refractivity contribution >= 4 is 11.9 Å². The molecule has 0 aromatic rings. The number of hydrogen-bond acceptors (Lipinski definition) is 3. The van der Waals surface area contributed by atoms with Crippen LogP contribution in [0.25, 0.3) is 0 Å². The molecule has 5 aliphatic rings. The van der Waals surface area contributed by atoms with E-state index in [2.05, 4.69) is 61.5 Å². The first-order chi connectivity index (χ1) is 18.2. The Morgan fingerprint density at radius 2 is 1.67 bits per heavy atom. The van der Waals surface area contributed by atoms with E-state index in [1.807, 2.05) is 0 Å². The minimum atomic E-state index is -0.580. The van der Waals surface area contributed by atoms with Gasteiger partial charge in [-0.05, 0) is 110 Å². The summed E-state index contributed by atoms with van der Waals surface area (Å²) in [4.78, 5) is 25.6. The van der Waals surface area contributed by atoms with Crippen molar-refractivity contribution in [1.82, 2.24) is 0 Å². The molecule has 5 aliphatic carbocycles. The van der Waals surface area contributed by atoms with Crippen LogP contribution in [-0.2, 0) is 14.3 Å². The number of carboxylic acid groups (broad SMARTS) is 1. The first-order valence-corrected chi connectivity index (χ1v) is 16.3. The van der Waals surface area contributed by atoms with Crippen LogP contribution in [0, 0.1) is 56.7 Å². The van der Waals surface area contributed by atoms with Gasteiger partial charge in [0.2, 0.25) is 0 Å². The van der Waals surface area contributed by atoms with Gasteiger partial charge in [0.25, 0.3) is 0 Å². The Kier molecular flexibility index (Phi) is 7.20. The maximum absolute atomic E-state index is 12.9. The molecule has 0 amide bonds. The molecule has 4 saturated carbocycles. The number of unbranched alkanes of at least 4 members (excludes halogenated alkanes) is 1. The third-order valence-electron chi connectivity index (χ3n) is 14.4. The van der Waals surface area contributed by atoms with Crippen LogP contribution in [0.2, 0.25) is 0 Å². The summed E-state index contributed by atoms with van der Waals surface area (Å²) in [6.07, 6.45) is 14.2. The van der Waals surface area contributed by atoms with E-state index in [4.69, 9.17) is 4.74 Å². The van der Waals surface area contributed by atoms with Crippen LogP contribution in [0.5, 0.6) is 0 Å². The fourth-order valence-electron chi connectivity index (χ4n) is 11.6. The van der Waals surface area contributed by atoms with E-state index in [0.717, 1.165) is 57.8 Å². The van der Waals surface area contributed by atoms with Gasteiger partial charge in [0.15, 0.2) is 0 Å². The van der Waals surface area contributed by atoms with Crippen molar-refractivity contribution in [3.63, 3.8) is 0 Å². The van der Waals surface area contributed by atoms with Gasteiger partial charge >= 0.3 is 11.9 Å². The molecule has 0 spiro atoms. The molecule has 0 heterocycles. The first kappa shape index (κ1) is 29.2. The van der Waals surface area contributed by atoms with Crippen LogP contribution in [0.1, 0.15) is 132 Å². The van der Waals surface area contributed by atoms with E-state index >= 15 is 0 Å². The Balaban J connectivity index is 1.49. The molecule has 5 rings (SSSR count). The third kappa shape index (κ3) is 3.95. The number of hydrogen-bond donors (Lipinski definition) is 1. The van der Waals surface area contributed by atoms with E-state index < -0.39 is 11.4 Å². The second-order valence-corrected chi connectivity index (χ2v) is 16.1. The average molecular weight is 541 g/mol. The maximum atomic E-state index is 12.9. The van der Waals surface area contributed by atoms with Crippen LogP contribution < -0.4 is 0 Å². The number of carbonyl (C=O) groups excluding carboxylic acids is 1. The molecule has 0 saturated heterocycles. The summed E-state index contributed by atoms with van der Waals surface area (Å²) < 4.78 is 6.18. The van der Waals surface area contributed by atoms with Gasteiger partial charge in [0.1, 0.15) is 6.10 Å². The summed E-state index contributed by atoms with van der Waals surface area (Å²) in [5, 5.41) is 10.6. The zero-order chi connectivity index (χ0) is 28.6. The van der Waals surface area contributed by atoms with Gasteiger partial charge < -0.3 is 9.84 Å². The molecular weight excluding hydrogens is 484 g/mol. The molecule has 1 N–H and O–H groups in total. The van der Waals surface area contributed by atoms with Crippen LogP contribution in [0.4, 0.5) is 0 Å². The van der Waals surface area contributed by atoms with Gasteiger partial charge in [-0.15, -0.1) is 0 Å². The lowest BCUT2D eigenvalue weighted by Gasteiger charge is -2.71. The molecule has 4 nitrogen and oxygen atoms in total.